The highest BCUT2D eigenvalue weighted by molar-refractivity contribution is 7.16. The average Bonchev–Trinajstić information content (AvgIpc) is 3.25. The van der Waals surface area contributed by atoms with Crippen molar-refractivity contribution in [2.45, 2.75) is 26.2 Å². The maximum Gasteiger partial charge on any atom is 0.325 e. The van der Waals surface area contributed by atoms with E-state index in [0.29, 0.717) is 16.1 Å². The van der Waals surface area contributed by atoms with Crippen LogP contribution in [0, 0.1) is 18.3 Å². The van der Waals surface area contributed by atoms with Gasteiger partial charge in [-0.05, 0) is 43.9 Å². The summed E-state index contributed by atoms with van der Waals surface area (Å²) in [5.74, 6) is -1.63. The standard InChI is InChI=1S/C20H19N3O4S/c1-12-5-7-13(8-6-12)19(26)22-10-18(25)27-11-17(24)23-20-15(9-21)14-3-2-4-16(14)28-20/h5-8H,2-4,10-11H2,1H3,(H,22,26)(H,23,24). The number of thiophene rings is 1. The predicted octanol–water partition coefficient (Wildman–Crippen LogP) is 2.33. The molecule has 3 rings (SSSR count). The summed E-state index contributed by atoms with van der Waals surface area (Å²) in [7, 11) is 0. The molecule has 7 nitrogen and oxygen atoms in total. The lowest BCUT2D eigenvalue weighted by Crippen LogP contribution is -2.32. The van der Waals surface area contributed by atoms with E-state index in [2.05, 4.69) is 16.7 Å². The highest BCUT2D eigenvalue weighted by atomic mass is 32.1. The lowest BCUT2D eigenvalue weighted by molar-refractivity contribution is -0.146. The van der Waals surface area contributed by atoms with Crippen LogP contribution >= 0.6 is 11.3 Å². The zero-order valence-corrected chi connectivity index (χ0v) is 16.1. The number of nitriles is 1. The molecule has 144 valence electrons. The van der Waals surface area contributed by atoms with Crippen LogP contribution in [0.2, 0.25) is 0 Å². The Morgan fingerprint density at radius 2 is 1.96 bits per heavy atom. The maximum atomic E-state index is 12.0. The Morgan fingerprint density at radius 3 is 2.68 bits per heavy atom. The number of carbonyl (C=O) groups is 3. The van der Waals surface area contributed by atoms with Gasteiger partial charge in [-0.15, -0.1) is 11.3 Å². The van der Waals surface area contributed by atoms with Crippen molar-refractivity contribution in [3.8, 4) is 6.07 Å². The van der Waals surface area contributed by atoms with E-state index in [1.54, 1.807) is 24.3 Å². The maximum absolute atomic E-state index is 12.0. The van der Waals surface area contributed by atoms with E-state index >= 15 is 0 Å². The number of nitrogens with one attached hydrogen (secondary N) is 2. The van der Waals surface area contributed by atoms with Crippen LogP contribution in [0.3, 0.4) is 0 Å². The smallest absolute Gasteiger partial charge is 0.325 e. The van der Waals surface area contributed by atoms with Gasteiger partial charge in [0.1, 0.15) is 17.6 Å². The fraction of sp³-hybridized carbons (Fsp3) is 0.300. The molecule has 1 aromatic carbocycles. The van der Waals surface area contributed by atoms with E-state index in [-0.39, 0.29) is 6.54 Å². The monoisotopic (exact) mass is 397 g/mol. The van der Waals surface area contributed by atoms with Gasteiger partial charge >= 0.3 is 5.97 Å². The van der Waals surface area contributed by atoms with Crippen molar-refractivity contribution in [2.75, 3.05) is 18.5 Å². The van der Waals surface area contributed by atoms with Gasteiger partial charge in [0.05, 0.1) is 5.56 Å². The Bertz CT molecular complexity index is 957. The number of hydrogen-bond acceptors (Lipinski definition) is 6. The van der Waals surface area contributed by atoms with Gasteiger partial charge in [-0.3, -0.25) is 14.4 Å². The number of benzene rings is 1. The number of nitrogens with zero attached hydrogens (tertiary/aromatic N) is 1. The Balaban J connectivity index is 1.45. The highest BCUT2D eigenvalue weighted by Crippen LogP contribution is 2.38. The normalized spacial score (nSPS) is 12.0. The molecule has 8 heteroatoms. The number of esters is 1. The van der Waals surface area contributed by atoms with Crippen LogP contribution in [0.4, 0.5) is 5.00 Å². The van der Waals surface area contributed by atoms with Crippen molar-refractivity contribution in [1.82, 2.24) is 5.32 Å². The van der Waals surface area contributed by atoms with Gasteiger partial charge in [0.15, 0.2) is 6.61 Å². The Kier molecular flexibility index (Phi) is 6.06. The molecule has 0 unspecified atom stereocenters. The average molecular weight is 397 g/mol. The summed E-state index contributed by atoms with van der Waals surface area (Å²) in [5, 5.41) is 14.9. The van der Waals surface area contributed by atoms with Crippen LogP contribution in [0.5, 0.6) is 0 Å². The lowest BCUT2D eigenvalue weighted by Gasteiger charge is -2.07. The lowest BCUT2D eigenvalue weighted by atomic mass is 10.1. The second-order valence-corrected chi connectivity index (χ2v) is 7.54. The third-order valence-corrected chi connectivity index (χ3v) is 5.56. The number of hydrogen-bond donors (Lipinski definition) is 2. The predicted molar refractivity (Wildman–Crippen MR) is 104 cm³/mol. The number of amides is 2. The minimum atomic E-state index is -0.718. The fourth-order valence-corrected chi connectivity index (χ4v) is 4.19. The molecule has 1 aliphatic carbocycles. The van der Waals surface area contributed by atoms with Gasteiger partial charge in [-0.2, -0.15) is 5.26 Å². The first kappa shape index (κ1) is 19.6. The summed E-state index contributed by atoms with van der Waals surface area (Å²) >= 11 is 1.40. The summed E-state index contributed by atoms with van der Waals surface area (Å²) in [4.78, 5) is 36.9. The number of rotatable bonds is 6. The summed E-state index contributed by atoms with van der Waals surface area (Å²) in [6, 6.07) is 9.06. The van der Waals surface area contributed by atoms with Crippen LogP contribution in [-0.2, 0) is 27.2 Å². The quantitative estimate of drug-likeness (QED) is 0.727. The Morgan fingerprint density at radius 1 is 1.21 bits per heavy atom. The molecule has 0 spiro atoms. The Hall–Kier alpha value is -3.18. The molecule has 0 radical (unpaired) electrons. The first-order valence-corrected chi connectivity index (χ1v) is 9.64. The van der Waals surface area contributed by atoms with Gasteiger partial charge in [-0.25, -0.2) is 0 Å². The first-order chi connectivity index (χ1) is 13.5. The number of carbonyl (C=O) groups excluding carboxylic acids is 3. The van der Waals surface area contributed by atoms with Crippen molar-refractivity contribution in [2.24, 2.45) is 0 Å². The Labute approximate surface area is 166 Å². The third kappa shape index (κ3) is 4.56. The van der Waals surface area contributed by atoms with E-state index in [4.69, 9.17) is 4.74 Å². The second kappa shape index (κ2) is 8.67. The second-order valence-electron chi connectivity index (χ2n) is 6.43. The molecule has 2 aromatic rings. The van der Waals surface area contributed by atoms with E-state index in [1.807, 2.05) is 6.92 Å². The molecule has 1 aromatic heterocycles. The number of anilines is 1. The molecule has 0 aliphatic heterocycles. The number of fused-ring (bicyclic) bond motifs is 1. The summed E-state index contributed by atoms with van der Waals surface area (Å²) < 4.78 is 4.89. The first-order valence-electron chi connectivity index (χ1n) is 8.83. The fourth-order valence-electron chi connectivity index (χ4n) is 2.93. The summed E-state index contributed by atoms with van der Waals surface area (Å²) in [6.45, 7) is 1.09. The van der Waals surface area contributed by atoms with Gasteiger partial charge in [0, 0.05) is 10.4 Å². The van der Waals surface area contributed by atoms with Crippen LogP contribution in [0.25, 0.3) is 0 Å². The molecule has 0 saturated heterocycles. The number of ether oxygens (including phenoxy) is 1. The van der Waals surface area contributed by atoms with Crippen molar-refractivity contribution in [3.63, 3.8) is 0 Å². The molecule has 28 heavy (non-hydrogen) atoms. The van der Waals surface area contributed by atoms with E-state index in [9.17, 15) is 19.6 Å². The van der Waals surface area contributed by atoms with Gasteiger partial charge in [-0.1, -0.05) is 17.7 Å². The van der Waals surface area contributed by atoms with Gasteiger partial charge in [0.25, 0.3) is 11.8 Å². The summed E-state index contributed by atoms with van der Waals surface area (Å²) in [6.07, 6.45) is 2.79. The van der Waals surface area contributed by atoms with Crippen LogP contribution in [-0.4, -0.2) is 30.9 Å². The van der Waals surface area contributed by atoms with E-state index < -0.39 is 24.4 Å². The van der Waals surface area contributed by atoms with Crippen LogP contribution < -0.4 is 10.6 Å². The van der Waals surface area contributed by atoms with Crippen LogP contribution in [0.15, 0.2) is 24.3 Å². The van der Waals surface area contributed by atoms with E-state index in [1.165, 1.54) is 11.3 Å². The summed E-state index contributed by atoms with van der Waals surface area (Å²) in [5.41, 5.74) is 2.98. The molecule has 0 bridgehead atoms. The van der Waals surface area contributed by atoms with E-state index in [0.717, 1.165) is 35.3 Å². The molecular formula is C20H19N3O4S. The van der Waals surface area contributed by atoms with Gasteiger partial charge in [0.2, 0.25) is 0 Å². The molecule has 2 N–H and O–H groups in total. The van der Waals surface area contributed by atoms with Crippen LogP contribution in [0.1, 0.15) is 38.3 Å². The molecule has 0 atom stereocenters. The third-order valence-electron chi connectivity index (χ3n) is 4.36. The van der Waals surface area contributed by atoms with Gasteiger partial charge < -0.3 is 15.4 Å². The molecule has 0 fully saturated rings. The molecule has 2 amide bonds. The minimum absolute atomic E-state index is 0.337. The highest BCUT2D eigenvalue weighted by Gasteiger charge is 2.23. The minimum Gasteiger partial charge on any atom is -0.454 e. The van der Waals surface area contributed by atoms with Crippen molar-refractivity contribution in [3.05, 3.63) is 51.4 Å². The molecule has 1 aliphatic rings. The zero-order valence-electron chi connectivity index (χ0n) is 15.3. The SMILES string of the molecule is Cc1ccc(C(=O)NCC(=O)OCC(=O)Nc2sc3c(c2C#N)CCC3)cc1. The zero-order chi connectivity index (χ0) is 20.1. The van der Waals surface area contributed by atoms with Crippen molar-refractivity contribution in [1.29, 1.82) is 5.26 Å². The van der Waals surface area contributed by atoms with Crippen molar-refractivity contribution < 1.29 is 19.1 Å². The van der Waals surface area contributed by atoms with Crippen molar-refractivity contribution >= 4 is 34.1 Å². The number of aryl methyl sites for hydroxylation is 2. The largest absolute Gasteiger partial charge is 0.454 e. The molecule has 0 saturated carbocycles. The molecular weight excluding hydrogens is 378 g/mol. The topological polar surface area (TPSA) is 108 Å². The molecule has 1 heterocycles.